The molecule has 0 aliphatic heterocycles. The molecule has 0 radical (unpaired) electrons. The molecular formula is C68H132O17P2. The number of carbonyl (C=O) groups is 4. The molecule has 0 heterocycles. The topological polar surface area (TPSA) is 237 Å². The number of ether oxygens (including phenoxy) is 4. The summed E-state index contributed by atoms with van der Waals surface area (Å²) in [5.41, 5.74) is 0. The molecule has 0 amide bonds. The molecule has 516 valence electrons. The summed E-state index contributed by atoms with van der Waals surface area (Å²) in [6.07, 6.45) is 39.3. The molecule has 0 spiro atoms. The lowest BCUT2D eigenvalue weighted by Gasteiger charge is -2.21. The number of aliphatic hydroxyl groups is 1. The van der Waals surface area contributed by atoms with Gasteiger partial charge in [-0.3, -0.25) is 37.3 Å². The van der Waals surface area contributed by atoms with Crippen LogP contribution in [0, 0.1) is 23.7 Å². The van der Waals surface area contributed by atoms with Crippen LogP contribution in [0.1, 0.15) is 331 Å². The molecule has 19 heteroatoms. The van der Waals surface area contributed by atoms with Gasteiger partial charge in [-0.2, -0.15) is 0 Å². The number of aliphatic hydroxyl groups excluding tert-OH is 1. The van der Waals surface area contributed by atoms with Crippen LogP contribution in [0.2, 0.25) is 0 Å². The molecule has 0 saturated carbocycles. The van der Waals surface area contributed by atoms with Gasteiger partial charge >= 0.3 is 39.5 Å². The van der Waals surface area contributed by atoms with Gasteiger partial charge in [0.1, 0.15) is 19.3 Å². The van der Waals surface area contributed by atoms with E-state index in [-0.39, 0.29) is 25.7 Å². The molecule has 6 atom stereocenters. The normalized spacial score (nSPS) is 14.6. The van der Waals surface area contributed by atoms with Crippen molar-refractivity contribution in [2.24, 2.45) is 23.7 Å². The first-order chi connectivity index (χ1) is 41.6. The Balaban J connectivity index is 5.20. The molecule has 0 rings (SSSR count). The summed E-state index contributed by atoms with van der Waals surface area (Å²) in [6, 6.07) is 0. The first-order valence-corrected chi connectivity index (χ1v) is 38.2. The SMILES string of the molecule is CCC(C)CCCCCCCCCCCCCCCCC(=O)O[C@H](COC(=O)CCCCCCCCC(C)C)COP(=O)(O)OCC(O)COP(=O)(O)OC[C@@H](COC(=O)CCCCCCCCCC(C)C)OC(=O)CCCCCCCCCC(C)C. The maximum Gasteiger partial charge on any atom is 0.472 e. The van der Waals surface area contributed by atoms with Gasteiger partial charge in [-0.05, 0) is 49.4 Å². The van der Waals surface area contributed by atoms with Crippen LogP contribution in [0.5, 0.6) is 0 Å². The van der Waals surface area contributed by atoms with Gasteiger partial charge in [-0.1, -0.05) is 280 Å². The zero-order valence-electron chi connectivity index (χ0n) is 56.6. The zero-order valence-corrected chi connectivity index (χ0v) is 58.4. The minimum absolute atomic E-state index is 0.102. The summed E-state index contributed by atoms with van der Waals surface area (Å²) >= 11 is 0. The summed E-state index contributed by atoms with van der Waals surface area (Å²) in [4.78, 5) is 72.3. The van der Waals surface area contributed by atoms with E-state index in [1.54, 1.807) is 0 Å². The number of unbranched alkanes of at least 4 members (excludes halogenated alkanes) is 30. The predicted molar refractivity (Wildman–Crippen MR) is 349 cm³/mol. The molecule has 87 heavy (non-hydrogen) atoms. The van der Waals surface area contributed by atoms with Gasteiger partial charge in [0, 0.05) is 25.7 Å². The van der Waals surface area contributed by atoms with Gasteiger partial charge in [0.25, 0.3) is 0 Å². The van der Waals surface area contributed by atoms with E-state index in [1.807, 2.05) is 0 Å². The smallest absolute Gasteiger partial charge is 0.462 e. The minimum atomic E-state index is -4.95. The number of phosphoric acid groups is 2. The van der Waals surface area contributed by atoms with Crippen LogP contribution in [-0.2, 0) is 65.4 Å². The summed E-state index contributed by atoms with van der Waals surface area (Å²) in [7, 11) is -9.90. The second-order valence-electron chi connectivity index (χ2n) is 26.2. The average Bonchev–Trinajstić information content (AvgIpc) is 3.47. The Kier molecular flexibility index (Phi) is 56.6. The van der Waals surface area contributed by atoms with Crippen molar-refractivity contribution in [3.05, 3.63) is 0 Å². The van der Waals surface area contributed by atoms with Crippen LogP contribution >= 0.6 is 15.6 Å². The first kappa shape index (κ1) is 85.1. The Morgan fingerprint density at radius 2 is 0.552 bits per heavy atom. The Bertz CT molecular complexity index is 1730. The molecular weight excluding hydrogens is 1150 g/mol. The van der Waals surface area contributed by atoms with E-state index in [4.69, 9.17) is 37.0 Å². The Morgan fingerprint density at radius 3 is 0.816 bits per heavy atom. The van der Waals surface area contributed by atoms with E-state index in [9.17, 15) is 43.2 Å². The molecule has 0 aromatic heterocycles. The Hall–Kier alpha value is -1.94. The molecule has 0 saturated heterocycles. The molecule has 0 aliphatic carbocycles. The number of rotatable bonds is 65. The van der Waals surface area contributed by atoms with Crippen molar-refractivity contribution in [3.63, 3.8) is 0 Å². The van der Waals surface area contributed by atoms with Gasteiger partial charge in [0.2, 0.25) is 0 Å². The molecule has 3 N–H and O–H groups in total. The highest BCUT2D eigenvalue weighted by Crippen LogP contribution is 2.45. The molecule has 17 nitrogen and oxygen atoms in total. The van der Waals surface area contributed by atoms with Crippen LogP contribution in [0.4, 0.5) is 0 Å². The molecule has 0 aromatic rings. The van der Waals surface area contributed by atoms with Crippen molar-refractivity contribution in [2.75, 3.05) is 39.6 Å². The van der Waals surface area contributed by atoms with E-state index < -0.39 is 97.5 Å². The lowest BCUT2D eigenvalue weighted by Crippen LogP contribution is -2.30. The van der Waals surface area contributed by atoms with Crippen molar-refractivity contribution in [1.82, 2.24) is 0 Å². The van der Waals surface area contributed by atoms with Crippen molar-refractivity contribution in [1.29, 1.82) is 0 Å². The van der Waals surface area contributed by atoms with Crippen molar-refractivity contribution in [3.8, 4) is 0 Å². The van der Waals surface area contributed by atoms with Gasteiger partial charge in [-0.15, -0.1) is 0 Å². The van der Waals surface area contributed by atoms with Crippen LogP contribution in [0.3, 0.4) is 0 Å². The van der Waals surface area contributed by atoms with E-state index in [1.165, 1.54) is 122 Å². The average molecular weight is 1280 g/mol. The lowest BCUT2D eigenvalue weighted by atomic mass is 9.99. The van der Waals surface area contributed by atoms with E-state index in [0.29, 0.717) is 43.4 Å². The quantitative estimate of drug-likeness (QED) is 0.0222. The molecule has 0 aromatic carbocycles. The fraction of sp³-hybridized carbons (Fsp3) is 0.941. The molecule has 0 bridgehead atoms. The highest BCUT2D eigenvalue weighted by molar-refractivity contribution is 7.47. The number of hydrogen-bond acceptors (Lipinski definition) is 15. The van der Waals surface area contributed by atoms with Crippen molar-refractivity contribution in [2.45, 2.75) is 350 Å². The fourth-order valence-corrected chi connectivity index (χ4v) is 11.7. The predicted octanol–water partition coefficient (Wildman–Crippen LogP) is 18.9. The fourth-order valence-electron chi connectivity index (χ4n) is 10.1. The van der Waals surface area contributed by atoms with Crippen molar-refractivity contribution < 1.29 is 80.2 Å². The zero-order chi connectivity index (χ0) is 64.7. The molecule has 4 unspecified atom stereocenters. The van der Waals surface area contributed by atoms with Gasteiger partial charge in [-0.25, -0.2) is 9.13 Å². The number of carbonyl (C=O) groups excluding carboxylic acids is 4. The number of phosphoric ester groups is 2. The third-order valence-electron chi connectivity index (χ3n) is 15.9. The van der Waals surface area contributed by atoms with E-state index >= 15 is 0 Å². The molecule has 0 aliphatic rings. The largest absolute Gasteiger partial charge is 0.472 e. The number of esters is 4. The maximum absolute atomic E-state index is 13.0. The second-order valence-corrected chi connectivity index (χ2v) is 29.1. The Morgan fingerprint density at radius 1 is 0.322 bits per heavy atom. The Labute approximate surface area is 530 Å². The third kappa shape index (κ3) is 61.3. The highest BCUT2D eigenvalue weighted by Gasteiger charge is 2.30. The van der Waals surface area contributed by atoms with E-state index in [0.717, 1.165) is 109 Å². The van der Waals surface area contributed by atoms with E-state index in [2.05, 4.69) is 55.4 Å². The summed E-state index contributed by atoms with van der Waals surface area (Å²) in [5, 5.41) is 10.6. The van der Waals surface area contributed by atoms with Gasteiger partial charge < -0.3 is 33.8 Å². The van der Waals surface area contributed by atoms with Crippen LogP contribution in [0.25, 0.3) is 0 Å². The standard InChI is InChI=1S/C68H132O17P2/c1-9-61(8)47-39-31-22-16-14-12-10-11-13-15-17-23-34-42-50-67(72)84-64(55-79-66(71)49-41-33-27-26-30-38-46-60(6)7)57-83-87(76,77)81-53-62(69)52-80-86(74,75)82-56-63(85-68(73)51-43-35-25-19-21-29-37-45-59(4)5)54-78-65(70)48-40-32-24-18-20-28-36-44-58(2)3/h58-64,69H,9-57H2,1-8H3,(H,74,75)(H,76,77)/t61?,62?,63-,64-/m1/s1. The van der Waals surface area contributed by atoms with Crippen molar-refractivity contribution >= 4 is 39.5 Å². The number of hydrogen-bond donors (Lipinski definition) is 3. The highest BCUT2D eigenvalue weighted by atomic mass is 31.2. The van der Waals surface area contributed by atoms with Gasteiger partial charge in [0.05, 0.1) is 26.4 Å². The maximum atomic E-state index is 13.0. The summed E-state index contributed by atoms with van der Waals surface area (Å²) < 4.78 is 68.1. The van der Waals surface area contributed by atoms with Gasteiger partial charge in [0.15, 0.2) is 12.2 Å². The summed E-state index contributed by atoms with van der Waals surface area (Å²) in [5.74, 6) is 0.789. The lowest BCUT2D eigenvalue weighted by molar-refractivity contribution is -0.161. The first-order valence-electron chi connectivity index (χ1n) is 35.2. The monoisotopic (exact) mass is 1280 g/mol. The minimum Gasteiger partial charge on any atom is -0.462 e. The third-order valence-corrected chi connectivity index (χ3v) is 17.8. The second kappa shape index (κ2) is 57.9. The molecule has 0 fully saturated rings. The van der Waals surface area contributed by atoms with Crippen LogP contribution in [0.15, 0.2) is 0 Å². The van der Waals surface area contributed by atoms with Crippen LogP contribution in [-0.4, -0.2) is 96.7 Å². The van der Waals surface area contributed by atoms with Crippen LogP contribution < -0.4 is 0 Å². The summed E-state index contributed by atoms with van der Waals surface area (Å²) in [6.45, 7) is 14.0.